The van der Waals surface area contributed by atoms with Crippen molar-refractivity contribution in [3.63, 3.8) is 0 Å². The van der Waals surface area contributed by atoms with Crippen LogP contribution in [0.5, 0.6) is 5.75 Å². The topological polar surface area (TPSA) is 84.5 Å². The molecule has 3 aromatic carbocycles. The molecule has 0 aromatic heterocycles. The maximum atomic E-state index is 12.5. The van der Waals surface area contributed by atoms with Crippen molar-refractivity contribution in [3.05, 3.63) is 83.9 Å². The van der Waals surface area contributed by atoms with Gasteiger partial charge in [0.25, 0.3) is 15.9 Å². The predicted molar refractivity (Wildman–Crippen MR) is 128 cm³/mol. The van der Waals surface area contributed by atoms with Gasteiger partial charge in [0.1, 0.15) is 5.75 Å². The summed E-state index contributed by atoms with van der Waals surface area (Å²) in [6, 6.07) is 20.8. The molecule has 0 aliphatic rings. The number of aryl methyl sites for hydroxylation is 2. The molecule has 6 nitrogen and oxygen atoms in total. The zero-order valence-corrected chi connectivity index (χ0v) is 19.1. The first-order valence-corrected chi connectivity index (χ1v) is 12.0. The predicted octanol–water partition coefficient (Wildman–Crippen LogP) is 5.16. The summed E-state index contributed by atoms with van der Waals surface area (Å²) >= 11 is 0. The quantitative estimate of drug-likeness (QED) is 0.445. The van der Waals surface area contributed by atoms with E-state index in [0.29, 0.717) is 17.1 Å². The molecule has 168 valence electrons. The zero-order chi connectivity index (χ0) is 23.0. The van der Waals surface area contributed by atoms with Crippen LogP contribution in [0.3, 0.4) is 0 Å². The number of amides is 1. The fourth-order valence-electron chi connectivity index (χ4n) is 3.03. The van der Waals surface area contributed by atoms with Gasteiger partial charge in [-0.2, -0.15) is 0 Å². The lowest BCUT2D eigenvalue weighted by Gasteiger charge is -2.10. The minimum atomic E-state index is -3.71. The van der Waals surface area contributed by atoms with Crippen molar-refractivity contribution < 1.29 is 17.9 Å². The van der Waals surface area contributed by atoms with Crippen LogP contribution in [-0.2, 0) is 21.2 Å². The van der Waals surface area contributed by atoms with E-state index in [0.717, 1.165) is 24.8 Å². The van der Waals surface area contributed by atoms with Gasteiger partial charge in [0.2, 0.25) is 0 Å². The molecule has 0 heterocycles. The summed E-state index contributed by atoms with van der Waals surface area (Å²) in [5.41, 5.74) is 3.49. The lowest BCUT2D eigenvalue weighted by Crippen LogP contribution is -2.20. The molecule has 0 atom stereocenters. The van der Waals surface area contributed by atoms with Gasteiger partial charge in [-0.1, -0.05) is 43.2 Å². The van der Waals surface area contributed by atoms with E-state index >= 15 is 0 Å². The molecule has 0 spiro atoms. The van der Waals surface area contributed by atoms with E-state index < -0.39 is 10.0 Å². The first kappa shape index (κ1) is 23.3. The van der Waals surface area contributed by atoms with Crippen LogP contribution in [0.4, 0.5) is 11.4 Å². The van der Waals surface area contributed by atoms with Gasteiger partial charge in [-0.05, 0) is 73.9 Å². The highest BCUT2D eigenvalue weighted by molar-refractivity contribution is 7.92. The minimum Gasteiger partial charge on any atom is -0.484 e. The Morgan fingerprint density at radius 2 is 1.50 bits per heavy atom. The highest BCUT2D eigenvalue weighted by Crippen LogP contribution is 2.20. The molecule has 7 heteroatoms. The van der Waals surface area contributed by atoms with Crippen LogP contribution in [0.25, 0.3) is 0 Å². The van der Waals surface area contributed by atoms with E-state index in [1.165, 1.54) is 29.8 Å². The van der Waals surface area contributed by atoms with Gasteiger partial charge in [0.05, 0.1) is 4.90 Å². The first-order chi connectivity index (χ1) is 15.4. The van der Waals surface area contributed by atoms with E-state index in [4.69, 9.17) is 4.74 Å². The summed E-state index contributed by atoms with van der Waals surface area (Å²) in [7, 11) is -3.71. The number of sulfonamides is 1. The molecule has 1 amide bonds. The number of carbonyl (C=O) groups is 1. The number of unbranched alkanes of at least 4 members (excludes halogenated alkanes) is 1. The molecule has 3 aromatic rings. The average molecular weight is 453 g/mol. The Balaban J connectivity index is 1.51. The van der Waals surface area contributed by atoms with Crippen molar-refractivity contribution in [2.45, 2.75) is 38.0 Å². The number of carbonyl (C=O) groups excluding carboxylic acids is 1. The fraction of sp³-hybridized carbons (Fsp3) is 0.240. The third-order valence-electron chi connectivity index (χ3n) is 4.86. The van der Waals surface area contributed by atoms with Gasteiger partial charge < -0.3 is 10.1 Å². The zero-order valence-electron chi connectivity index (χ0n) is 18.3. The van der Waals surface area contributed by atoms with Crippen LogP contribution in [0.15, 0.2) is 77.7 Å². The number of benzene rings is 3. The minimum absolute atomic E-state index is 0.109. The molecule has 0 saturated carbocycles. The summed E-state index contributed by atoms with van der Waals surface area (Å²) in [5.74, 6) is 0.119. The van der Waals surface area contributed by atoms with Gasteiger partial charge >= 0.3 is 0 Å². The summed E-state index contributed by atoms with van der Waals surface area (Å²) in [6.45, 7) is 3.91. The highest BCUT2D eigenvalue weighted by atomic mass is 32.2. The SMILES string of the molecule is CCCCc1ccc(NC(=O)COc2ccc(S(=O)(=O)Nc3ccc(C)cc3)cc2)cc1. The second-order valence-electron chi connectivity index (χ2n) is 7.58. The van der Waals surface area contributed by atoms with Crippen LogP contribution in [-0.4, -0.2) is 20.9 Å². The summed E-state index contributed by atoms with van der Waals surface area (Å²) in [5, 5.41) is 2.79. The van der Waals surface area contributed by atoms with Crippen molar-refractivity contribution in [1.82, 2.24) is 0 Å². The molecular formula is C25H28N2O4S. The van der Waals surface area contributed by atoms with Crippen LogP contribution < -0.4 is 14.8 Å². The summed E-state index contributed by atoms with van der Waals surface area (Å²) < 4.78 is 33.1. The van der Waals surface area contributed by atoms with E-state index in [1.54, 1.807) is 12.1 Å². The average Bonchev–Trinajstić information content (AvgIpc) is 2.79. The lowest BCUT2D eigenvalue weighted by molar-refractivity contribution is -0.118. The van der Waals surface area contributed by atoms with E-state index in [2.05, 4.69) is 17.0 Å². The maximum Gasteiger partial charge on any atom is 0.262 e. The monoisotopic (exact) mass is 452 g/mol. The van der Waals surface area contributed by atoms with Gasteiger partial charge in [-0.25, -0.2) is 8.42 Å². The molecule has 32 heavy (non-hydrogen) atoms. The Morgan fingerprint density at radius 3 is 2.12 bits per heavy atom. The van der Waals surface area contributed by atoms with Crippen molar-refractivity contribution in [2.24, 2.45) is 0 Å². The Kier molecular flexibility index (Phi) is 7.89. The molecule has 0 fully saturated rings. The number of nitrogens with one attached hydrogen (secondary N) is 2. The van der Waals surface area contributed by atoms with Gasteiger partial charge in [0.15, 0.2) is 6.61 Å². The molecule has 0 aliphatic carbocycles. The van der Waals surface area contributed by atoms with E-state index in [1.807, 2.05) is 43.3 Å². The number of hydrogen-bond acceptors (Lipinski definition) is 4. The standard InChI is InChI=1S/C25H28N2O4S/c1-3-4-5-20-8-12-21(13-9-20)26-25(28)18-31-23-14-16-24(17-15-23)32(29,30)27-22-10-6-19(2)7-11-22/h6-17,27H,3-5,18H2,1-2H3,(H,26,28). The second kappa shape index (κ2) is 10.8. The maximum absolute atomic E-state index is 12.5. The molecule has 0 unspecified atom stereocenters. The Hall–Kier alpha value is -3.32. The Labute approximate surface area is 189 Å². The lowest BCUT2D eigenvalue weighted by atomic mass is 10.1. The molecule has 0 saturated heterocycles. The highest BCUT2D eigenvalue weighted by Gasteiger charge is 2.14. The van der Waals surface area contributed by atoms with Crippen molar-refractivity contribution >= 4 is 27.3 Å². The number of rotatable bonds is 10. The van der Waals surface area contributed by atoms with E-state index in [9.17, 15) is 13.2 Å². The molecule has 0 aliphatic heterocycles. The molecular weight excluding hydrogens is 424 g/mol. The first-order valence-electron chi connectivity index (χ1n) is 10.6. The number of anilines is 2. The largest absolute Gasteiger partial charge is 0.484 e. The van der Waals surface area contributed by atoms with Gasteiger partial charge in [0, 0.05) is 11.4 Å². The van der Waals surface area contributed by atoms with Gasteiger partial charge in [-0.15, -0.1) is 0 Å². The van der Waals surface area contributed by atoms with Crippen molar-refractivity contribution in [1.29, 1.82) is 0 Å². The Bertz CT molecular complexity index is 1120. The molecule has 3 rings (SSSR count). The third-order valence-corrected chi connectivity index (χ3v) is 6.26. The Morgan fingerprint density at radius 1 is 0.875 bits per heavy atom. The summed E-state index contributed by atoms with van der Waals surface area (Å²) in [4.78, 5) is 12.3. The molecule has 2 N–H and O–H groups in total. The number of ether oxygens (including phenoxy) is 1. The van der Waals surface area contributed by atoms with Crippen molar-refractivity contribution in [3.8, 4) is 5.75 Å². The van der Waals surface area contributed by atoms with Crippen LogP contribution >= 0.6 is 0 Å². The molecule has 0 bridgehead atoms. The van der Waals surface area contributed by atoms with Crippen LogP contribution in [0.1, 0.15) is 30.9 Å². The third kappa shape index (κ3) is 6.85. The molecule has 0 radical (unpaired) electrons. The number of hydrogen-bond donors (Lipinski definition) is 2. The van der Waals surface area contributed by atoms with Gasteiger partial charge in [-0.3, -0.25) is 9.52 Å². The summed E-state index contributed by atoms with van der Waals surface area (Å²) in [6.07, 6.45) is 3.31. The van der Waals surface area contributed by atoms with Crippen LogP contribution in [0, 0.1) is 6.92 Å². The van der Waals surface area contributed by atoms with Crippen molar-refractivity contribution in [2.75, 3.05) is 16.6 Å². The second-order valence-corrected chi connectivity index (χ2v) is 9.26. The smallest absolute Gasteiger partial charge is 0.262 e. The van der Waals surface area contributed by atoms with E-state index in [-0.39, 0.29) is 17.4 Å². The van der Waals surface area contributed by atoms with Crippen LogP contribution in [0.2, 0.25) is 0 Å². The normalized spacial score (nSPS) is 11.1. The fourth-order valence-corrected chi connectivity index (χ4v) is 4.09.